The molecule has 4 aromatic rings. The van der Waals surface area contributed by atoms with Gasteiger partial charge in [-0.15, -0.1) is 11.8 Å². The maximum absolute atomic E-state index is 12.9. The van der Waals surface area contributed by atoms with Gasteiger partial charge in [0.25, 0.3) is 0 Å². The van der Waals surface area contributed by atoms with Crippen molar-refractivity contribution < 1.29 is 34.5 Å². The lowest BCUT2D eigenvalue weighted by Gasteiger charge is -2.33. The lowest BCUT2D eigenvalue weighted by molar-refractivity contribution is -0.139. The zero-order valence-electron chi connectivity index (χ0n) is 23.0. The van der Waals surface area contributed by atoms with E-state index in [0.717, 1.165) is 43.8 Å². The third-order valence-corrected chi connectivity index (χ3v) is 8.98. The molecule has 0 spiro atoms. The summed E-state index contributed by atoms with van der Waals surface area (Å²) in [6, 6.07) is 21.6. The number of aliphatic hydroxyl groups excluding tert-OH is 1. The molecule has 0 bridgehead atoms. The van der Waals surface area contributed by atoms with Crippen LogP contribution in [0.3, 0.4) is 0 Å². The van der Waals surface area contributed by atoms with E-state index in [2.05, 4.69) is 28.8 Å². The van der Waals surface area contributed by atoms with Crippen molar-refractivity contribution in [1.82, 2.24) is 10.6 Å². The van der Waals surface area contributed by atoms with Crippen molar-refractivity contribution in [2.45, 2.75) is 36.3 Å². The second-order valence-electron chi connectivity index (χ2n) is 10.4. The summed E-state index contributed by atoms with van der Waals surface area (Å²) in [6.45, 7) is -0.636. The minimum atomic E-state index is -1.25. The van der Waals surface area contributed by atoms with E-state index in [0.29, 0.717) is 0 Å². The molecule has 7 N–H and O–H groups in total. The monoisotopic (exact) mass is 601 g/mol. The molecule has 0 aliphatic heterocycles. The highest BCUT2D eigenvalue weighted by Crippen LogP contribution is 2.52. The van der Waals surface area contributed by atoms with Gasteiger partial charge in [0.15, 0.2) is 0 Å². The minimum Gasteiger partial charge on any atom is -0.480 e. The van der Waals surface area contributed by atoms with Gasteiger partial charge in [0.2, 0.25) is 11.8 Å². The molecule has 222 valence electrons. The summed E-state index contributed by atoms with van der Waals surface area (Å²) in [5.41, 5.74) is 8.99. The number of carboxylic acid groups (broad SMARTS) is 2. The van der Waals surface area contributed by atoms with Gasteiger partial charge in [-0.2, -0.15) is 0 Å². The average Bonchev–Trinajstić information content (AvgIpc) is 3.00. The number of aliphatic hydroxyl groups is 1. The number of carbonyl (C=O) groups excluding carboxylic acids is 2. The zero-order valence-corrected chi connectivity index (χ0v) is 23.8. The van der Waals surface area contributed by atoms with Crippen LogP contribution in [0.15, 0.2) is 72.8 Å². The fraction of sp³-hybridized carbons (Fsp3) is 0.250. The molecule has 0 saturated carbocycles. The number of fused-ring (bicyclic) bond motifs is 6. The van der Waals surface area contributed by atoms with E-state index in [4.69, 9.17) is 15.9 Å². The van der Waals surface area contributed by atoms with Gasteiger partial charge in [0.05, 0.1) is 11.4 Å². The highest BCUT2D eigenvalue weighted by Gasteiger charge is 2.35. The first-order valence-electron chi connectivity index (χ1n) is 13.8. The van der Waals surface area contributed by atoms with Crippen molar-refractivity contribution in [2.24, 2.45) is 5.73 Å². The maximum atomic E-state index is 12.9. The Hall–Kier alpha value is -4.45. The predicted molar refractivity (Wildman–Crippen MR) is 164 cm³/mol. The molecular formula is C32H31N3O7S. The van der Waals surface area contributed by atoms with E-state index < -0.39 is 53.7 Å². The first-order valence-corrected chi connectivity index (χ1v) is 14.8. The highest BCUT2D eigenvalue weighted by atomic mass is 32.2. The van der Waals surface area contributed by atoms with E-state index in [-0.39, 0.29) is 18.6 Å². The molecule has 5 rings (SSSR count). The van der Waals surface area contributed by atoms with Gasteiger partial charge in [-0.25, -0.2) is 0 Å². The summed E-state index contributed by atoms with van der Waals surface area (Å²) in [4.78, 5) is 47.6. The molecule has 4 aromatic carbocycles. The Labute approximate surface area is 251 Å². The van der Waals surface area contributed by atoms with Gasteiger partial charge in [0, 0.05) is 12.2 Å². The van der Waals surface area contributed by atoms with E-state index in [9.17, 15) is 24.3 Å². The number of hydrogen-bond donors (Lipinski definition) is 6. The van der Waals surface area contributed by atoms with Crippen LogP contribution >= 0.6 is 11.8 Å². The quantitative estimate of drug-likeness (QED) is 0.141. The molecule has 0 fully saturated rings. The van der Waals surface area contributed by atoms with Crippen LogP contribution in [-0.2, 0) is 19.2 Å². The Bertz CT molecular complexity index is 1730. The molecule has 1 aliphatic rings. The van der Waals surface area contributed by atoms with Crippen LogP contribution in [0.4, 0.5) is 0 Å². The summed E-state index contributed by atoms with van der Waals surface area (Å²) < 4.78 is 0. The molecular weight excluding hydrogens is 570 g/mol. The summed E-state index contributed by atoms with van der Waals surface area (Å²) in [6.07, 6.45) is -1.30. The molecule has 4 atom stereocenters. The van der Waals surface area contributed by atoms with Crippen LogP contribution in [-0.4, -0.2) is 63.5 Å². The molecule has 2 amide bonds. The second kappa shape index (κ2) is 12.8. The fourth-order valence-electron chi connectivity index (χ4n) is 5.40. The van der Waals surface area contributed by atoms with Crippen LogP contribution in [0.25, 0.3) is 32.7 Å². The number of nitrogens with two attached hydrogens (primary N) is 1. The van der Waals surface area contributed by atoms with E-state index in [1.807, 2.05) is 54.6 Å². The van der Waals surface area contributed by atoms with Crippen molar-refractivity contribution in [1.29, 1.82) is 0 Å². The summed E-state index contributed by atoms with van der Waals surface area (Å²) >= 11 is 1.27. The molecule has 11 heteroatoms. The Balaban J connectivity index is 1.43. The van der Waals surface area contributed by atoms with Crippen LogP contribution in [0, 0.1) is 0 Å². The first-order chi connectivity index (χ1) is 20.6. The number of nitrogens with one attached hydrogen (secondary N) is 2. The first kappa shape index (κ1) is 30.0. The van der Waals surface area contributed by atoms with E-state index in [1.54, 1.807) is 0 Å². The SMILES string of the molecule is N[C@@H](CCC(=O)N[C@@H](CSC1c2ccccc2-c2cc3ccc4ccccc4c3cc2C1O)C(=O)NCC(=O)O)C(=O)O. The number of amides is 2. The molecule has 2 unspecified atom stereocenters. The molecule has 0 aromatic heterocycles. The van der Waals surface area contributed by atoms with Gasteiger partial charge in [0.1, 0.15) is 18.6 Å². The largest absolute Gasteiger partial charge is 0.480 e. The average molecular weight is 602 g/mol. The molecule has 10 nitrogen and oxygen atoms in total. The Morgan fingerprint density at radius 3 is 2.35 bits per heavy atom. The summed E-state index contributed by atoms with van der Waals surface area (Å²) in [5.74, 6) is -3.77. The Morgan fingerprint density at radius 1 is 0.860 bits per heavy atom. The lowest BCUT2D eigenvalue weighted by Crippen LogP contribution is -2.49. The van der Waals surface area contributed by atoms with Crippen LogP contribution < -0.4 is 16.4 Å². The van der Waals surface area contributed by atoms with E-state index in [1.165, 1.54) is 11.8 Å². The van der Waals surface area contributed by atoms with Gasteiger partial charge in [-0.05, 0) is 62.4 Å². The van der Waals surface area contributed by atoms with E-state index >= 15 is 0 Å². The predicted octanol–water partition coefficient (Wildman–Crippen LogP) is 3.36. The molecule has 1 aliphatic carbocycles. The number of carboxylic acids is 2. The van der Waals surface area contributed by atoms with Gasteiger partial charge < -0.3 is 31.7 Å². The molecule has 0 saturated heterocycles. The number of aliphatic carboxylic acids is 2. The molecule has 0 heterocycles. The van der Waals surface area contributed by atoms with Crippen molar-refractivity contribution in [2.75, 3.05) is 12.3 Å². The van der Waals surface area contributed by atoms with Crippen molar-refractivity contribution in [3.8, 4) is 11.1 Å². The molecule has 43 heavy (non-hydrogen) atoms. The van der Waals surface area contributed by atoms with Crippen LogP contribution in [0.5, 0.6) is 0 Å². The zero-order chi connectivity index (χ0) is 30.7. The van der Waals surface area contributed by atoms with Gasteiger partial charge >= 0.3 is 11.9 Å². The number of hydrogen-bond acceptors (Lipinski definition) is 7. The fourth-order valence-corrected chi connectivity index (χ4v) is 6.75. The normalized spacial score (nSPS) is 17.0. The molecule has 0 radical (unpaired) electrons. The third-order valence-electron chi connectivity index (χ3n) is 7.59. The van der Waals surface area contributed by atoms with Crippen molar-refractivity contribution in [3.63, 3.8) is 0 Å². The number of rotatable bonds is 11. The number of thioether (sulfide) groups is 1. The standard InChI is InChI=1S/C32H31N3O7S/c33-25(32(41)42)11-12-27(36)35-26(31(40)34-15-28(37)38)16-43-30-21-8-4-3-7-20(21)23-13-18-10-9-17-5-1-2-6-19(17)22(18)14-24(23)29(30)39/h1-10,13-14,25-26,29-30,39H,11-12,15-16,33H2,(H,34,40)(H,35,36)(H,37,38)(H,41,42)/t25-,26-,29?,30?/m0/s1. The maximum Gasteiger partial charge on any atom is 0.322 e. The minimum absolute atomic E-state index is 0.0179. The Morgan fingerprint density at radius 2 is 1.58 bits per heavy atom. The van der Waals surface area contributed by atoms with Gasteiger partial charge in [-0.1, -0.05) is 60.7 Å². The lowest BCUT2D eigenvalue weighted by atomic mass is 9.81. The Kier molecular flexibility index (Phi) is 8.95. The highest BCUT2D eigenvalue weighted by molar-refractivity contribution is 7.99. The van der Waals surface area contributed by atoms with Crippen LogP contribution in [0.1, 0.15) is 35.3 Å². The summed E-state index contributed by atoms with van der Waals surface area (Å²) in [7, 11) is 0. The van der Waals surface area contributed by atoms with Crippen molar-refractivity contribution >= 4 is 57.1 Å². The second-order valence-corrected chi connectivity index (χ2v) is 11.6. The summed E-state index contributed by atoms with van der Waals surface area (Å²) in [5, 5.41) is 38.4. The smallest absolute Gasteiger partial charge is 0.322 e. The van der Waals surface area contributed by atoms with Crippen molar-refractivity contribution in [3.05, 3.63) is 83.9 Å². The number of benzene rings is 4. The van der Waals surface area contributed by atoms with Gasteiger partial charge in [-0.3, -0.25) is 19.2 Å². The number of carbonyl (C=O) groups is 4. The topological polar surface area (TPSA) is 179 Å². The third kappa shape index (κ3) is 6.48. The van der Waals surface area contributed by atoms with Crippen LogP contribution in [0.2, 0.25) is 0 Å².